The SMILES string of the molecule is CCCCCCCCC=CCCCCCCCC(=O)NC(CCCCNC(=O)C(N)CCCCN)C(=O)NCCCCCCC. The van der Waals surface area contributed by atoms with Gasteiger partial charge >= 0.3 is 0 Å². The highest BCUT2D eigenvalue weighted by molar-refractivity contribution is 5.87. The Kier molecular flexibility index (Phi) is 32.0. The normalized spacial score (nSPS) is 12.7. The van der Waals surface area contributed by atoms with Crippen LogP contribution in [0.1, 0.15) is 174 Å². The average Bonchev–Trinajstić information content (AvgIpc) is 3.03. The second-order valence-corrected chi connectivity index (χ2v) is 12.8. The van der Waals surface area contributed by atoms with Crippen molar-refractivity contribution in [2.75, 3.05) is 19.6 Å². The van der Waals surface area contributed by atoms with E-state index >= 15 is 0 Å². The fraction of sp³-hybridized carbons (Fsp3) is 0.865. The molecule has 0 heterocycles. The van der Waals surface area contributed by atoms with Crippen molar-refractivity contribution in [1.29, 1.82) is 0 Å². The summed E-state index contributed by atoms with van der Waals surface area (Å²) in [6.45, 7) is 6.21. The Balaban J connectivity index is 4.28. The van der Waals surface area contributed by atoms with E-state index in [0.29, 0.717) is 38.9 Å². The third-order valence-electron chi connectivity index (χ3n) is 8.42. The molecule has 0 spiro atoms. The molecule has 0 radical (unpaired) electrons. The Labute approximate surface area is 277 Å². The van der Waals surface area contributed by atoms with Crippen molar-refractivity contribution in [1.82, 2.24) is 16.0 Å². The molecule has 0 aromatic rings. The summed E-state index contributed by atoms with van der Waals surface area (Å²) in [7, 11) is 0. The number of carbonyl (C=O) groups excluding carboxylic acids is 3. The van der Waals surface area contributed by atoms with Crippen molar-refractivity contribution in [2.24, 2.45) is 11.5 Å². The second kappa shape index (κ2) is 33.4. The van der Waals surface area contributed by atoms with Gasteiger partial charge in [0, 0.05) is 19.5 Å². The minimum atomic E-state index is -0.537. The van der Waals surface area contributed by atoms with Crippen molar-refractivity contribution in [3.05, 3.63) is 12.2 Å². The maximum Gasteiger partial charge on any atom is 0.242 e. The van der Waals surface area contributed by atoms with E-state index in [4.69, 9.17) is 11.5 Å². The number of nitrogens with one attached hydrogen (secondary N) is 3. The highest BCUT2D eigenvalue weighted by Gasteiger charge is 2.20. The summed E-state index contributed by atoms with van der Waals surface area (Å²) in [4.78, 5) is 37.9. The van der Waals surface area contributed by atoms with E-state index in [0.717, 1.165) is 64.2 Å². The third kappa shape index (κ3) is 29.2. The number of rotatable bonds is 33. The van der Waals surface area contributed by atoms with Crippen LogP contribution < -0.4 is 27.4 Å². The number of amides is 3. The van der Waals surface area contributed by atoms with Crippen molar-refractivity contribution in [2.45, 2.75) is 186 Å². The molecule has 2 unspecified atom stereocenters. The molecule has 0 aliphatic rings. The zero-order chi connectivity index (χ0) is 33.2. The zero-order valence-electron chi connectivity index (χ0n) is 29.5. The maximum atomic E-state index is 12.9. The molecule has 7 N–H and O–H groups in total. The molecule has 0 fully saturated rings. The van der Waals surface area contributed by atoms with Gasteiger partial charge in [-0.15, -0.1) is 0 Å². The first kappa shape index (κ1) is 43.1. The molecule has 8 nitrogen and oxygen atoms in total. The van der Waals surface area contributed by atoms with Gasteiger partial charge in [0.1, 0.15) is 6.04 Å². The largest absolute Gasteiger partial charge is 0.355 e. The molecule has 45 heavy (non-hydrogen) atoms. The summed E-state index contributed by atoms with van der Waals surface area (Å²) >= 11 is 0. The van der Waals surface area contributed by atoms with E-state index < -0.39 is 12.1 Å². The molecular formula is C37H73N5O3. The molecule has 0 aromatic carbocycles. The lowest BCUT2D eigenvalue weighted by Crippen LogP contribution is -2.47. The molecule has 3 amide bonds. The highest BCUT2D eigenvalue weighted by atomic mass is 16.2. The molecule has 0 saturated heterocycles. The van der Waals surface area contributed by atoms with Gasteiger partial charge in [-0.3, -0.25) is 14.4 Å². The number of nitrogens with two attached hydrogens (primary N) is 2. The summed E-state index contributed by atoms with van der Waals surface area (Å²) in [6.07, 6.45) is 31.1. The van der Waals surface area contributed by atoms with Gasteiger partial charge in [-0.2, -0.15) is 0 Å². The molecule has 0 saturated carbocycles. The van der Waals surface area contributed by atoms with E-state index in [1.807, 2.05) is 0 Å². The monoisotopic (exact) mass is 636 g/mol. The molecule has 0 rings (SSSR count). The summed E-state index contributed by atoms with van der Waals surface area (Å²) < 4.78 is 0. The van der Waals surface area contributed by atoms with Gasteiger partial charge in [0.15, 0.2) is 0 Å². The van der Waals surface area contributed by atoms with E-state index in [2.05, 4.69) is 41.9 Å². The molecule has 0 bridgehead atoms. The fourth-order valence-corrected chi connectivity index (χ4v) is 5.41. The van der Waals surface area contributed by atoms with Gasteiger partial charge in [-0.25, -0.2) is 0 Å². The van der Waals surface area contributed by atoms with Gasteiger partial charge < -0.3 is 27.4 Å². The Morgan fingerprint density at radius 3 is 1.67 bits per heavy atom. The number of hydrogen-bond donors (Lipinski definition) is 5. The van der Waals surface area contributed by atoms with Crippen LogP contribution in [-0.2, 0) is 14.4 Å². The maximum absolute atomic E-state index is 12.9. The number of unbranched alkanes of at least 4 members (excludes halogenated alkanes) is 17. The number of hydrogen-bond acceptors (Lipinski definition) is 5. The molecule has 8 heteroatoms. The van der Waals surface area contributed by atoms with Crippen LogP contribution in [0.3, 0.4) is 0 Å². The second-order valence-electron chi connectivity index (χ2n) is 12.8. The Morgan fingerprint density at radius 1 is 0.578 bits per heavy atom. The topological polar surface area (TPSA) is 139 Å². The van der Waals surface area contributed by atoms with Crippen LogP contribution >= 0.6 is 0 Å². The van der Waals surface area contributed by atoms with Gasteiger partial charge in [0.2, 0.25) is 17.7 Å². The first-order chi connectivity index (χ1) is 22.0. The lowest BCUT2D eigenvalue weighted by atomic mass is 10.1. The van der Waals surface area contributed by atoms with Crippen molar-refractivity contribution in [3.63, 3.8) is 0 Å². The van der Waals surface area contributed by atoms with Crippen LogP contribution in [0.25, 0.3) is 0 Å². The molecule has 0 aliphatic carbocycles. The summed E-state index contributed by atoms with van der Waals surface area (Å²) in [5, 5.41) is 8.92. The van der Waals surface area contributed by atoms with E-state index in [1.54, 1.807) is 0 Å². The first-order valence-electron chi connectivity index (χ1n) is 18.9. The summed E-state index contributed by atoms with van der Waals surface area (Å²) in [5.74, 6) is -0.292. The Hall–Kier alpha value is -1.93. The van der Waals surface area contributed by atoms with Crippen LogP contribution in [0.15, 0.2) is 12.2 Å². The van der Waals surface area contributed by atoms with E-state index in [1.165, 1.54) is 77.0 Å². The van der Waals surface area contributed by atoms with Gasteiger partial charge in [-0.05, 0) is 77.2 Å². The quantitative estimate of drug-likeness (QED) is 0.0379. The van der Waals surface area contributed by atoms with Crippen LogP contribution in [0.2, 0.25) is 0 Å². The lowest BCUT2D eigenvalue weighted by molar-refractivity contribution is -0.129. The molecule has 0 aromatic heterocycles. The highest BCUT2D eigenvalue weighted by Crippen LogP contribution is 2.11. The fourth-order valence-electron chi connectivity index (χ4n) is 5.41. The van der Waals surface area contributed by atoms with Crippen LogP contribution in [0, 0.1) is 0 Å². The van der Waals surface area contributed by atoms with Crippen LogP contribution in [0.5, 0.6) is 0 Å². The smallest absolute Gasteiger partial charge is 0.242 e. The minimum absolute atomic E-state index is 0.0486. The number of carbonyl (C=O) groups is 3. The van der Waals surface area contributed by atoms with Crippen LogP contribution in [0.4, 0.5) is 0 Å². The molecular weight excluding hydrogens is 562 g/mol. The van der Waals surface area contributed by atoms with Crippen molar-refractivity contribution >= 4 is 17.7 Å². The van der Waals surface area contributed by atoms with Gasteiger partial charge in [-0.1, -0.05) is 109 Å². The average molecular weight is 636 g/mol. The van der Waals surface area contributed by atoms with Crippen molar-refractivity contribution < 1.29 is 14.4 Å². The van der Waals surface area contributed by atoms with Crippen molar-refractivity contribution in [3.8, 4) is 0 Å². The van der Waals surface area contributed by atoms with Gasteiger partial charge in [0.25, 0.3) is 0 Å². The molecule has 0 aliphatic heterocycles. The summed E-state index contributed by atoms with van der Waals surface area (Å²) in [6, 6.07) is -1.05. The predicted molar refractivity (Wildman–Crippen MR) is 191 cm³/mol. The zero-order valence-corrected chi connectivity index (χ0v) is 29.5. The predicted octanol–water partition coefficient (Wildman–Crippen LogP) is 7.34. The molecule has 2 atom stereocenters. The lowest BCUT2D eigenvalue weighted by Gasteiger charge is -2.19. The third-order valence-corrected chi connectivity index (χ3v) is 8.42. The molecule has 264 valence electrons. The number of allylic oxidation sites excluding steroid dienone is 2. The van der Waals surface area contributed by atoms with Gasteiger partial charge in [0.05, 0.1) is 6.04 Å². The minimum Gasteiger partial charge on any atom is -0.355 e. The Morgan fingerprint density at radius 2 is 1.07 bits per heavy atom. The summed E-state index contributed by atoms with van der Waals surface area (Å²) in [5.41, 5.74) is 11.5. The standard InChI is InChI=1S/C37H73N5O3/c1-3-5-7-9-10-11-12-13-14-15-16-17-18-19-21-29-35(43)42-34(37(45)41-31-25-20-8-6-4-2)28-23-26-32-40-36(44)33(39)27-22-24-30-38/h13-14,33-34H,3-12,15-32,38-39H2,1-2H3,(H,40,44)(H,41,45)(H,42,43). The van der Waals surface area contributed by atoms with E-state index in [-0.39, 0.29) is 17.7 Å². The van der Waals surface area contributed by atoms with Crippen LogP contribution in [-0.4, -0.2) is 49.4 Å². The first-order valence-corrected chi connectivity index (χ1v) is 18.9. The Bertz CT molecular complexity index is 731. The van der Waals surface area contributed by atoms with E-state index in [9.17, 15) is 14.4 Å².